The molecule has 0 aliphatic heterocycles. The Labute approximate surface area is 106 Å². The Morgan fingerprint density at radius 1 is 1.44 bits per heavy atom. The van der Waals surface area contributed by atoms with Crippen LogP contribution >= 0.6 is 0 Å². The van der Waals surface area contributed by atoms with E-state index in [0.717, 1.165) is 5.69 Å². The van der Waals surface area contributed by atoms with E-state index in [1.54, 1.807) is 13.1 Å². The van der Waals surface area contributed by atoms with Gasteiger partial charge in [0, 0.05) is 19.3 Å². The summed E-state index contributed by atoms with van der Waals surface area (Å²) in [5.74, 6) is -0.840. The fourth-order valence-corrected chi connectivity index (χ4v) is 1.61. The first-order valence-corrected chi connectivity index (χ1v) is 5.87. The Kier molecular flexibility index (Phi) is 5.45. The predicted molar refractivity (Wildman–Crippen MR) is 67.0 cm³/mol. The lowest BCUT2D eigenvalue weighted by Crippen LogP contribution is -2.39. The molecule has 0 radical (unpaired) electrons. The van der Waals surface area contributed by atoms with Gasteiger partial charge in [-0.3, -0.25) is 19.5 Å². The number of rotatable bonds is 7. The van der Waals surface area contributed by atoms with E-state index in [1.807, 2.05) is 23.1 Å². The fourth-order valence-electron chi connectivity index (χ4n) is 1.61. The van der Waals surface area contributed by atoms with E-state index >= 15 is 0 Å². The first-order chi connectivity index (χ1) is 8.50. The van der Waals surface area contributed by atoms with Gasteiger partial charge in [0.25, 0.3) is 0 Å². The van der Waals surface area contributed by atoms with E-state index in [-0.39, 0.29) is 18.2 Å². The predicted octanol–water partition coefficient (Wildman–Crippen LogP) is 1.34. The van der Waals surface area contributed by atoms with Gasteiger partial charge in [-0.25, -0.2) is 0 Å². The van der Waals surface area contributed by atoms with Crippen LogP contribution in [-0.4, -0.2) is 39.3 Å². The number of nitrogens with zero attached hydrogens (tertiary/aromatic N) is 2. The molecule has 0 aliphatic rings. The first-order valence-electron chi connectivity index (χ1n) is 5.87. The van der Waals surface area contributed by atoms with Crippen molar-refractivity contribution in [1.29, 1.82) is 0 Å². The monoisotopic (exact) mass is 250 g/mol. The molecular weight excluding hydrogens is 232 g/mol. The third-order valence-corrected chi connectivity index (χ3v) is 2.84. The average Bonchev–Trinajstić information content (AvgIpc) is 2.34. The largest absolute Gasteiger partial charge is 0.481 e. The van der Waals surface area contributed by atoms with Crippen LogP contribution in [0, 0.1) is 0 Å². The third kappa shape index (κ3) is 4.63. The number of carboxylic acid groups (broad SMARTS) is 1. The molecule has 1 N–H and O–H groups in total. The van der Waals surface area contributed by atoms with Crippen molar-refractivity contribution in [2.45, 2.75) is 32.9 Å². The van der Waals surface area contributed by atoms with Crippen LogP contribution in [0.1, 0.15) is 26.0 Å². The average molecular weight is 250 g/mol. The highest BCUT2D eigenvalue weighted by Gasteiger charge is 2.19. The summed E-state index contributed by atoms with van der Waals surface area (Å²) in [6, 6.07) is 5.25. The molecule has 0 fully saturated rings. The molecule has 0 spiro atoms. The summed E-state index contributed by atoms with van der Waals surface area (Å²) in [6.07, 6.45) is 1.70. The zero-order valence-corrected chi connectivity index (χ0v) is 10.7. The third-order valence-electron chi connectivity index (χ3n) is 2.84. The molecule has 18 heavy (non-hydrogen) atoms. The minimum absolute atomic E-state index is 0.0183. The normalized spacial score (nSPS) is 12.4. The van der Waals surface area contributed by atoms with E-state index in [9.17, 15) is 9.59 Å². The van der Waals surface area contributed by atoms with Crippen LogP contribution in [0.5, 0.6) is 0 Å². The van der Waals surface area contributed by atoms with E-state index in [1.165, 1.54) is 6.92 Å². The lowest BCUT2D eigenvalue weighted by atomic mass is 10.1. The number of pyridine rings is 1. The minimum atomic E-state index is -0.864. The zero-order chi connectivity index (χ0) is 13.5. The summed E-state index contributed by atoms with van der Waals surface area (Å²) in [7, 11) is 0. The summed E-state index contributed by atoms with van der Waals surface area (Å²) in [6.45, 7) is 4.12. The van der Waals surface area contributed by atoms with Gasteiger partial charge >= 0.3 is 5.97 Å². The number of Topliss-reactive ketones (excluding diaryl/α,β-unsaturated/α-hetero) is 1. The smallest absolute Gasteiger partial charge is 0.304 e. The number of carbonyl (C=O) groups excluding carboxylic acids is 1. The van der Waals surface area contributed by atoms with Crippen molar-refractivity contribution in [3.63, 3.8) is 0 Å². The lowest BCUT2D eigenvalue weighted by molar-refractivity contribution is -0.138. The quantitative estimate of drug-likeness (QED) is 0.790. The van der Waals surface area contributed by atoms with Crippen molar-refractivity contribution in [2.24, 2.45) is 0 Å². The van der Waals surface area contributed by atoms with Crippen molar-refractivity contribution >= 4 is 11.8 Å². The Morgan fingerprint density at radius 2 is 2.17 bits per heavy atom. The molecule has 0 saturated carbocycles. The zero-order valence-electron chi connectivity index (χ0n) is 10.7. The number of aliphatic carboxylic acids is 1. The van der Waals surface area contributed by atoms with Crippen molar-refractivity contribution < 1.29 is 14.7 Å². The van der Waals surface area contributed by atoms with Gasteiger partial charge in [-0.05, 0) is 26.0 Å². The SMILES string of the molecule is CC(=O)C(C)N(CCC(=O)O)Cc1ccccn1. The Balaban J connectivity index is 2.71. The summed E-state index contributed by atoms with van der Waals surface area (Å²) < 4.78 is 0. The van der Waals surface area contributed by atoms with Gasteiger partial charge in [0.1, 0.15) is 5.78 Å². The van der Waals surface area contributed by atoms with Crippen molar-refractivity contribution in [1.82, 2.24) is 9.88 Å². The highest BCUT2D eigenvalue weighted by molar-refractivity contribution is 5.81. The molecule has 5 heteroatoms. The molecule has 0 aromatic carbocycles. The molecule has 1 aromatic rings. The number of hydrogen-bond acceptors (Lipinski definition) is 4. The summed E-state index contributed by atoms with van der Waals surface area (Å²) >= 11 is 0. The van der Waals surface area contributed by atoms with Gasteiger partial charge in [-0.15, -0.1) is 0 Å². The van der Waals surface area contributed by atoms with E-state index < -0.39 is 5.97 Å². The van der Waals surface area contributed by atoms with Gasteiger partial charge in [0.15, 0.2) is 0 Å². The van der Waals surface area contributed by atoms with Crippen LogP contribution in [0.25, 0.3) is 0 Å². The molecule has 0 amide bonds. The maximum Gasteiger partial charge on any atom is 0.304 e. The second kappa shape index (κ2) is 6.86. The summed E-state index contributed by atoms with van der Waals surface area (Å²) in [5, 5.41) is 8.72. The molecule has 1 aromatic heterocycles. The Bertz CT molecular complexity index is 406. The number of ketones is 1. The second-order valence-electron chi connectivity index (χ2n) is 4.22. The molecule has 0 bridgehead atoms. The van der Waals surface area contributed by atoms with Crippen LogP contribution in [0.3, 0.4) is 0 Å². The molecule has 1 heterocycles. The van der Waals surface area contributed by atoms with E-state index in [4.69, 9.17) is 5.11 Å². The Morgan fingerprint density at radius 3 is 2.67 bits per heavy atom. The molecule has 5 nitrogen and oxygen atoms in total. The molecular formula is C13H18N2O3. The standard InChI is InChI=1S/C13H18N2O3/c1-10(11(2)16)15(8-6-13(17)18)9-12-5-3-4-7-14-12/h3-5,7,10H,6,8-9H2,1-2H3,(H,17,18). The maximum absolute atomic E-state index is 11.4. The highest BCUT2D eigenvalue weighted by atomic mass is 16.4. The molecule has 1 rings (SSSR count). The molecule has 1 atom stereocenters. The fraction of sp³-hybridized carbons (Fsp3) is 0.462. The summed E-state index contributed by atoms with van der Waals surface area (Å²) in [4.78, 5) is 28.1. The van der Waals surface area contributed by atoms with Crippen LogP contribution in [0.2, 0.25) is 0 Å². The topological polar surface area (TPSA) is 70.5 Å². The highest BCUT2D eigenvalue weighted by Crippen LogP contribution is 2.08. The second-order valence-corrected chi connectivity index (χ2v) is 4.22. The van der Waals surface area contributed by atoms with Crippen molar-refractivity contribution in [3.8, 4) is 0 Å². The molecule has 0 saturated heterocycles. The van der Waals surface area contributed by atoms with Gasteiger partial charge in [-0.1, -0.05) is 6.07 Å². The van der Waals surface area contributed by atoms with Gasteiger partial charge in [-0.2, -0.15) is 0 Å². The van der Waals surface area contributed by atoms with Gasteiger partial charge < -0.3 is 5.11 Å². The van der Waals surface area contributed by atoms with E-state index in [0.29, 0.717) is 13.1 Å². The molecule has 0 aliphatic carbocycles. The minimum Gasteiger partial charge on any atom is -0.481 e. The van der Waals surface area contributed by atoms with Crippen LogP contribution < -0.4 is 0 Å². The molecule has 98 valence electrons. The maximum atomic E-state index is 11.4. The van der Waals surface area contributed by atoms with E-state index in [2.05, 4.69) is 4.98 Å². The number of carboxylic acids is 1. The van der Waals surface area contributed by atoms with Crippen molar-refractivity contribution in [2.75, 3.05) is 6.54 Å². The first kappa shape index (κ1) is 14.3. The number of carbonyl (C=O) groups is 2. The van der Waals surface area contributed by atoms with Gasteiger partial charge in [0.05, 0.1) is 18.2 Å². The number of hydrogen-bond donors (Lipinski definition) is 1. The van der Waals surface area contributed by atoms with Crippen LogP contribution in [0.4, 0.5) is 0 Å². The van der Waals surface area contributed by atoms with Gasteiger partial charge in [0.2, 0.25) is 0 Å². The van der Waals surface area contributed by atoms with Crippen molar-refractivity contribution in [3.05, 3.63) is 30.1 Å². The molecule has 1 unspecified atom stereocenters. The van der Waals surface area contributed by atoms with Crippen LogP contribution in [0.15, 0.2) is 24.4 Å². The number of aromatic nitrogens is 1. The lowest BCUT2D eigenvalue weighted by Gasteiger charge is -2.26. The summed E-state index contributed by atoms with van der Waals surface area (Å²) in [5.41, 5.74) is 0.830. The Hall–Kier alpha value is -1.75. The van der Waals surface area contributed by atoms with Crippen LogP contribution in [-0.2, 0) is 16.1 Å².